The van der Waals surface area contributed by atoms with Crippen molar-refractivity contribution in [2.24, 2.45) is 5.92 Å². The second-order valence-corrected chi connectivity index (χ2v) is 3.12. The van der Waals surface area contributed by atoms with Crippen molar-refractivity contribution in [3.63, 3.8) is 0 Å². The Bertz CT molecular complexity index is 163. The van der Waals surface area contributed by atoms with Crippen LogP contribution in [-0.2, 0) is 0 Å². The average molecular weight is 138 g/mol. The zero-order valence-electron chi connectivity index (χ0n) is 6.35. The predicted octanol–water partition coefficient (Wildman–Crippen LogP) is 0.471. The van der Waals surface area contributed by atoms with Crippen LogP contribution in [-0.4, -0.2) is 19.1 Å². The third-order valence-electron chi connectivity index (χ3n) is 2.53. The largest absolute Gasteiger partial charge is 0.390 e. The van der Waals surface area contributed by atoms with Gasteiger partial charge in [0, 0.05) is 25.0 Å². The second kappa shape index (κ2) is 2.27. The van der Waals surface area contributed by atoms with Gasteiger partial charge in [0.25, 0.3) is 0 Å². The topological polar surface area (TPSA) is 24.1 Å². The van der Waals surface area contributed by atoms with Crippen molar-refractivity contribution >= 4 is 0 Å². The Kier molecular flexibility index (Phi) is 1.42. The fourth-order valence-corrected chi connectivity index (χ4v) is 1.91. The zero-order chi connectivity index (χ0) is 6.97. The van der Waals surface area contributed by atoms with E-state index in [0.29, 0.717) is 6.04 Å². The maximum absolute atomic E-state index is 3.50. The minimum Gasteiger partial charge on any atom is -0.390 e. The van der Waals surface area contributed by atoms with Gasteiger partial charge in [-0.25, -0.2) is 0 Å². The van der Waals surface area contributed by atoms with Gasteiger partial charge in [-0.1, -0.05) is 6.92 Å². The first-order valence-electron chi connectivity index (χ1n) is 4.08. The highest BCUT2D eigenvalue weighted by Crippen LogP contribution is 2.25. The van der Waals surface area contributed by atoms with Crippen molar-refractivity contribution in [1.82, 2.24) is 10.6 Å². The Morgan fingerprint density at radius 3 is 3.30 bits per heavy atom. The van der Waals surface area contributed by atoms with Crippen LogP contribution in [0.25, 0.3) is 0 Å². The number of hydrogen-bond donors (Lipinski definition) is 2. The van der Waals surface area contributed by atoms with E-state index in [1.54, 1.807) is 5.57 Å². The summed E-state index contributed by atoms with van der Waals surface area (Å²) in [6, 6.07) is 0.667. The molecule has 2 N–H and O–H groups in total. The number of fused-ring (bicyclic) bond motifs is 1. The van der Waals surface area contributed by atoms with E-state index in [9.17, 15) is 0 Å². The molecule has 2 aliphatic rings. The highest BCUT2D eigenvalue weighted by Gasteiger charge is 2.30. The lowest BCUT2D eigenvalue weighted by Crippen LogP contribution is -2.23. The first-order valence-corrected chi connectivity index (χ1v) is 4.08. The van der Waals surface area contributed by atoms with Crippen molar-refractivity contribution in [3.8, 4) is 0 Å². The summed E-state index contributed by atoms with van der Waals surface area (Å²) in [6.07, 6.45) is 3.42. The van der Waals surface area contributed by atoms with Crippen LogP contribution in [0.4, 0.5) is 0 Å². The molecule has 0 aromatic rings. The van der Waals surface area contributed by atoms with Crippen LogP contribution in [0.2, 0.25) is 0 Å². The van der Waals surface area contributed by atoms with Crippen LogP contribution in [0.3, 0.4) is 0 Å². The van der Waals surface area contributed by atoms with Gasteiger partial charge in [0.2, 0.25) is 0 Å². The van der Waals surface area contributed by atoms with Gasteiger partial charge >= 0.3 is 0 Å². The number of hydrogen-bond acceptors (Lipinski definition) is 2. The molecule has 2 heterocycles. The molecule has 56 valence electrons. The molecular formula is C8H14N2. The molecule has 2 heteroatoms. The van der Waals surface area contributed by atoms with Crippen LogP contribution in [0.1, 0.15) is 13.3 Å². The SMILES string of the molecule is CCC1NCC2CNC=C21. The van der Waals surface area contributed by atoms with Crippen molar-refractivity contribution < 1.29 is 0 Å². The molecule has 2 atom stereocenters. The normalized spacial score (nSPS) is 37.1. The van der Waals surface area contributed by atoms with Gasteiger partial charge in [-0.15, -0.1) is 0 Å². The van der Waals surface area contributed by atoms with E-state index in [-0.39, 0.29) is 0 Å². The standard InChI is InChI=1S/C8H14N2/c1-2-8-7-5-9-3-6(7)4-10-8/h5-6,8-10H,2-4H2,1H3. The van der Waals surface area contributed by atoms with Crippen LogP contribution in [0.15, 0.2) is 11.8 Å². The molecule has 0 bridgehead atoms. The second-order valence-electron chi connectivity index (χ2n) is 3.12. The Morgan fingerprint density at radius 2 is 2.50 bits per heavy atom. The van der Waals surface area contributed by atoms with E-state index in [1.165, 1.54) is 13.0 Å². The third kappa shape index (κ3) is 0.754. The van der Waals surface area contributed by atoms with E-state index in [2.05, 4.69) is 23.8 Å². The quantitative estimate of drug-likeness (QED) is 0.550. The first-order chi connectivity index (χ1) is 4.92. The Hall–Kier alpha value is -0.500. The molecule has 2 nitrogen and oxygen atoms in total. The van der Waals surface area contributed by atoms with E-state index >= 15 is 0 Å². The Balaban J connectivity index is 2.14. The molecule has 0 aromatic heterocycles. The van der Waals surface area contributed by atoms with Gasteiger partial charge < -0.3 is 10.6 Å². The van der Waals surface area contributed by atoms with Crippen molar-refractivity contribution in [2.75, 3.05) is 13.1 Å². The molecule has 0 radical (unpaired) electrons. The third-order valence-corrected chi connectivity index (χ3v) is 2.53. The molecule has 2 unspecified atom stereocenters. The molecule has 2 aliphatic heterocycles. The minimum atomic E-state index is 0.667. The van der Waals surface area contributed by atoms with Crippen LogP contribution in [0, 0.1) is 5.92 Å². The predicted molar refractivity (Wildman–Crippen MR) is 41.7 cm³/mol. The van der Waals surface area contributed by atoms with E-state index in [1.807, 2.05) is 0 Å². The molecule has 2 rings (SSSR count). The first kappa shape index (κ1) is 6.23. The monoisotopic (exact) mass is 138 g/mol. The van der Waals surface area contributed by atoms with E-state index < -0.39 is 0 Å². The molecule has 10 heavy (non-hydrogen) atoms. The van der Waals surface area contributed by atoms with Gasteiger partial charge in [-0.2, -0.15) is 0 Å². The van der Waals surface area contributed by atoms with Crippen LogP contribution in [0.5, 0.6) is 0 Å². The maximum Gasteiger partial charge on any atom is 0.0298 e. The van der Waals surface area contributed by atoms with Gasteiger partial charge in [-0.3, -0.25) is 0 Å². The summed E-state index contributed by atoms with van der Waals surface area (Å²) >= 11 is 0. The summed E-state index contributed by atoms with van der Waals surface area (Å²) in [6.45, 7) is 4.56. The summed E-state index contributed by atoms with van der Waals surface area (Å²) in [5, 5.41) is 6.79. The minimum absolute atomic E-state index is 0.667. The highest BCUT2D eigenvalue weighted by molar-refractivity contribution is 5.23. The lowest BCUT2D eigenvalue weighted by atomic mass is 10.0. The lowest BCUT2D eigenvalue weighted by molar-refractivity contribution is 0.613. The van der Waals surface area contributed by atoms with E-state index in [4.69, 9.17) is 0 Å². The van der Waals surface area contributed by atoms with Gasteiger partial charge in [-0.05, 0) is 18.2 Å². The van der Waals surface area contributed by atoms with Crippen molar-refractivity contribution in [1.29, 1.82) is 0 Å². The van der Waals surface area contributed by atoms with Crippen molar-refractivity contribution in [2.45, 2.75) is 19.4 Å². The average Bonchev–Trinajstić information content (AvgIpc) is 2.44. The summed E-state index contributed by atoms with van der Waals surface area (Å²) in [4.78, 5) is 0. The van der Waals surface area contributed by atoms with Crippen LogP contribution < -0.4 is 10.6 Å². The molecule has 1 fully saturated rings. The summed E-state index contributed by atoms with van der Waals surface area (Å²) in [5.41, 5.74) is 1.60. The Labute approximate surface area is 61.7 Å². The fraction of sp³-hybridized carbons (Fsp3) is 0.750. The van der Waals surface area contributed by atoms with Crippen LogP contribution >= 0.6 is 0 Å². The zero-order valence-corrected chi connectivity index (χ0v) is 6.35. The fourth-order valence-electron chi connectivity index (χ4n) is 1.91. The Morgan fingerprint density at radius 1 is 1.60 bits per heavy atom. The molecule has 0 amide bonds. The summed E-state index contributed by atoms with van der Waals surface area (Å²) in [7, 11) is 0. The van der Waals surface area contributed by atoms with Gasteiger partial charge in [0.15, 0.2) is 0 Å². The molecule has 0 saturated carbocycles. The molecule has 0 aromatic carbocycles. The molecule has 0 spiro atoms. The number of nitrogens with one attached hydrogen (secondary N) is 2. The lowest BCUT2D eigenvalue weighted by Gasteiger charge is -2.06. The van der Waals surface area contributed by atoms with Crippen molar-refractivity contribution in [3.05, 3.63) is 11.8 Å². The molecule has 0 aliphatic carbocycles. The van der Waals surface area contributed by atoms with Gasteiger partial charge in [0.05, 0.1) is 0 Å². The molecular weight excluding hydrogens is 124 g/mol. The summed E-state index contributed by atoms with van der Waals surface area (Å²) < 4.78 is 0. The van der Waals surface area contributed by atoms with E-state index in [0.717, 1.165) is 12.5 Å². The smallest absolute Gasteiger partial charge is 0.0298 e. The molecule has 1 saturated heterocycles. The number of rotatable bonds is 1. The summed E-state index contributed by atoms with van der Waals surface area (Å²) in [5.74, 6) is 0.796. The van der Waals surface area contributed by atoms with Gasteiger partial charge in [0.1, 0.15) is 0 Å². The highest BCUT2D eigenvalue weighted by atomic mass is 15.0. The maximum atomic E-state index is 3.50.